The average molecular weight is 314 g/mol. The molecule has 0 atom stereocenters. The number of fused-ring (bicyclic) bond motifs is 1. The van der Waals surface area contributed by atoms with Crippen LogP contribution in [0.15, 0.2) is 36.5 Å². The first kappa shape index (κ1) is 14.6. The maximum Gasteiger partial charge on any atom is 0.278 e. The molecule has 8 nitrogen and oxygen atoms in total. The van der Waals surface area contributed by atoms with Crippen LogP contribution < -0.4 is 10.1 Å². The number of nitrogens with one attached hydrogen (secondary N) is 2. The van der Waals surface area contributed by atoms with E-state index in [9.17, 15) is 15.2 Å². The predicted molar refractivity (Wildman–Crippen MR) is 84.7 cm³/mol. The van der Waals surface area contributed by atoms with Gasteiger partial charge in [0.25, 0.3) is 5.69 Å². The number of phenols is 1. The van der Waals surface area contributed by atoms with Crippen molar-refractivity contribution in [2.75, 3.05) is 12.4 Å². The Labute approximate surface area is 130 Å². The molecule has 0 aliphatic heterocycles. The maximum atomic E-state index is 11.1. The van der Waals surface area contributed by atoms with E-state index in [1.807, 2.05) is 18.2 Å². The van der Waals surface area contributed by atoms with Crippen LogP contribution in [0.25, 0.3) is 10.9 Å². The average Bonchev–Trinajstić information content (AvgIpc) is 3.00. The van der Waals surface area contributed by atoms with Crippen molar-refractivity contribution in [2.45, 2.75) is 6.54 Å². The number of nitro groups is 1. The van der Waals surface area contributed by atoms with Crippen molar-refractivity contribution in [1.82, 2.24) is 10.2 Å². The number of anilines is 1. The highest BCUT2D eigenvalue weighted by Crippen LogP contribution is 2.34. The van der Waals surface area contributed by atoms with Gasteiger partial charge in [0.2, 0.25) is 0 Å². The Balaban J connectivity index is 1.87. The highest BCUT2D eigenvalue weighted by atomic mass is 16.6. The minimum Gasteiger partial charge on any atom is -0.504 e. The second kappa shape index (κ2) is 5.84. The lowest BCUT2D eigenvalue weighted by molar-refractivity contribution is -0.385. The summed E-state index contributed by atoms with van der Waals surface area (Å²) in [5.74, 6) is -0.0690. The number of aromatic amines is 1. The zero-order valence-electron chi connectivity index (χ0n) is 12.2. The summed E-state index contributed by atoms with van der Waals surface area (Å²) in [6, 6.07) is 8.16. The monoisotopic (exact) mass is 314 g/mol. The van der Waals surface area contributed by atoms with Crippen LogP contribution in [0.4, 0.5) is 11.4 Å². The summed E-state index contributed by atoms with van der Waals surface area (Å²) < 4.78 is 5.01. The molecule has 0 bridgehead atoms. The fourth-order valence-corrected chi connectivity index (χ4v) is 2.32. The van der Waals surface area contributed by atoms with Crippen molar-refractivity contribution >= 4 is 22.3 Å². The second-order valence-corrected chi connectivity index (χ2v) is 4.94. The lowest BCUT2D eigenvalue weighted by Gasteiger charge is -2.10. The van der Waals surface area contributed by atoms with Crippen molar-refractivity contribution in [3.8, 4) is 11.5 Å². The third-order valence-electron chi connectivity index (χ3n) is 3.50. The van der Waals surface area contributed by atoms with E-state index in [4.69, 9.17) is 4.74 Å². The molecular weight excluding hydrogens is 300 g/mol. The molecule has 3 aromatic rings. The van der Waals surface area contributed by atoms with E-state index < -0.39 is 4.92 Å². The SMILES string of the molecule is COc1cc(CNc2ccc3[nH]ncc3c2)c([N+](=O)[O-])cc1O. The van der Waals surface area contributed by atoms with Crippen LogP contribution in [0.1, 0.15) is 5.56 Å². The molecule has 0 saturated carbocycles. The number of aromatic nitrogens is 2. The highest BCUT2D eigenvalue weighted by Gasteiger charge is 2.18. The van der Waals surface area contributed by atoms with E-state index in [-0.39, 0.29) is 23.7 Å². The number of nitro benzene ring substituents is 1. The quantitative estimate of drug-likeness (QED) is 0.493. The first-order valence-electron chi connectivity index (χ1n) is 6.80. The standard InChI is InChI=1S/C15H14N4O4/c1-23-15-5-10(13(19(21)22)6-14(15)20)7-16-11-2-3-12-9(4-11)8-17-18-12/h2-6,8,16,20H,7H2,1H3,(H,17,18). The molecule has 1 heterocycles. The van der Waals surface area contributed by atoms with Gasteiger partial charge in [0.05, 0.1) is 35.4 Å². The van der Waals surface area contributed by atoms with Crippen LogP contribution in [0.3, 0.4) is 0 Å². The Hall–Kier alpha value is -3.29. The summed E-state index contributed by atoms with van der Waals surface area (Å²) in [5, 5.41) is 31.7. The Kier molecular flexibility index (Phi) is 3.71. The van der Waals surface area contributed by atoms with Gasteiger partial charge < -0.3 is 15.2 Å². The summed E-state index contributed by atoms with van der Waals surface area (Å²) in [6.45, 7) is 0.219. The lowest BCUT2D eigenvalue weighted by atomic mass is 10.1. The number of nitrogens with zero attached hydrogens (tertiary/aromatic N) is 2. The van der Waals surface area contributed by atoms with Crippen LogP contribution in [0, 0.1) is 10.1 Å². The molecular formula is C15H14N4O4. The first-order chi connectivity index (χ1) is 11.1. The van der Waals surface area contributed by atoms with Crippen LogP contribution in [0.5, 0.6) is 11.5 Å². The Morgan fingerprint density at radius 3 is 2.96 bits per heavy atom. The minimum atomic E-state index is -0.532. The zero-order chi connectivity index (χ0) is 16.4. The first-order valence-corrected chi connectivity index (χ1v) is 6.80. The minimum absolute atomic E-state index is 0.166. The number of aromatic hydroxyl groups is 1. The lowest BCUT2D eigenvalue weighted by Crippen LogP contribution is -2.04. The van der Waals surface area contributed by atoms with E-state index in [1.165, 1.54) is 13.2 Å². The van der Waals surface area contributed by atoms with Gasteiger partial charge in [-0.15, -0.1) is 0 Å². The van der Waals surface area contributed by atoms with Crippen molar-refractivity contribution < 1.29 is 14.8 Å². The molecule has 0 saturated heterocycles. The smallest absolute Gasteiger partial charge is 0.278 e. The van der Waals surface area contributed by atoms with Gasteiger partial charge in [0, 0.05) is 17.6 Å². The molecule has 0 unspecified atom stereocenters. The largest absolute Gasteiger partial charge is 0.504 e. The molecule has 0 radical (unpaired) electrons. The molecule has 0 spiro atoms. The summed E-state index contributed by atoms with van der Waals surface area (Å²) >= 11 is 0. The van der Waals surface area contributed by atoms with Crippen molar-refractivity contribution in [3.63, 3.8) is 0 Å². The van der Waals surface area contributed by atoms with Gasteiger partial charge in [0.15, 0.2) is 11.5 Å². The third-order valence-corrected chi connectivity index (χ3v) is 3.50. The van der Waals surface area contributed by atoms with Gasteiger partial charge >= 0.3 is 0 Å². The van der Waals surface area contributed by atoms with E-state index in [0.717, 1.165) is 22.7 Å². The fourth-order valence-electron chi connectivity index (χ4n) is 2.32. The van der Waals surface area contributed by atoms with Gasteiger partial charge in [-0.3, -0.25) is 15.2 Å². The maximum absolute atomic E-state index is 11.1. The van der Waals surface area contributed by atoms with Gasteiger partial charge in [-0.2, -0.15) is 5.10 Å². The van der Waals surface area contributed by atoms with Crippen molar-refractivity contribution in [2.24, 2.45) is 0 Å². The van der Waals surface area contributed by atoms with Crippen LogP contribution in [-0.2, 0) is 6.54 Å². The van der Waals surface area contributed by atoms with Gasteiger partial charge in [0.1, 0.15) is 0 Å². The molecule has 23 heavy (non-hydrogen) atoms. The molecule has 2 aromatic carbocycles. The number of phenolic OH excluding ortho intramolecular Hbond substituents is 1. The molecule has 0 aliphatic rings. The van der Waals surface area contributed by atoms with Gasteiger partial charge in [-0.05, 0) is 24.3 Å². The number of hydrogen-bond acceptors (Lipinski definition) is 6. The van der Waals surface area contributed by atoms with Crippen molar-refractivity contribution in [3.05, 3.63) is 52.2 Å². The fraction of sp³-hybridized carbons (Fsp3) is 0.133. The number of H-pyrrole nitrogens is 1. The second-order valence-electron chi connectivity index (χ2n) is 4.94. The number of rotatable bonds is 5. The summed E-state index contributed by atoms with van der Waals surface area (Å²) in [7, 11) is 1.39. The van der Waals surface area contributed by atoms with E-state index >= 15 is 0 Å². The predicted octanol–water partition coefficient (Wildman–Crippen LogP) is 2.80. The van der Waals surface area contributed by atoms with Crippen molar-refractivity contribution in [1.29, 1.82) is 0 Å². The van der Waals surface area contributed by atoms with E-state index in [0.29, 0.717) is 5.56 Å². The molecule has 3 N–H and O–H groups in total. The Bertz CT molecular complexity index is 875. The molecule has 8 heteroatoms. The molecule has 118 valence electrons. The molecule has 0 amide bonds. The van der Waals surface area contributed by atoms with Gasteiger partial charge in [-0.25, -0.2) is 0 Å². The molecule has 3 rings (SSSR count). The topological polar surface area (TPSA) is 113 Å². The molecule has 0 aliphatic carbocycles. The van der Waals surface area contributed by atoms with Crippen LogP contribution in [-0.4, -0.2) is 27.3 Å². The Morgan fingerprint density at radius 1 is 1.39 bits per heavy atom. The molecule has 1 aromatic heterocycles. The number of benzene rings is 2. The summed E-state index contributed by atoms with van der Waals surface area (Å²) in [4.78, 5) is 10.6. The number of hydrogen-bond donors (Lipinski definition) is 3. The van der Waals surface area contributed by atoms with Crippen LogP contribution >= 0.6 is 0 Å². The highest BCUT2D eigenvalue weighted by molar-refractivity contribution is 5.81. The Morgan fingerprint density at radius 2 is 2.22 bits per heavy atom. The number of ether oxygens (including phenoxy) is 1. The van der Waals surface area contributed by atoms with E-state index in [1.54, 1.807) is 6.20 Å². The van der Waals surface area contributed by atoms with Gasteiger partial charge in [-0.1, -0.05) is 0 Å². The van der Waals surface area contributed by atoms with E-state index in [2.05, 4.69) is 15.5 Å². The molecule has 0 fully saturated rings. The normalized spacial score (nSPS) is 10.7. The third kappa shape index (κ3) is 2.86. The summed E-state index contributed by atoms with van der Waals surface area (Å²) in [6.07, 6.45) is 1.70. The summed E-state index contributed by atoms with van der Waals surface area (Å²) in [5.41, 5.74) is 1.96. The van der Waals surface area contributed by atoms with Crippen LogP contribution in [0.2, 0.25) is 0 Å². The zero-order valence-corrected chi connectivity index (χ0v) is 12.2. The number of methoxy groups -OCH3 is 1.